The van der Waals surface area contributed by atoms with Crippen LogP contribution < -0.4 is 15.6 Å². The van der Waals surface area contributed by atoms with Crippen molar-refractivity contribution in [2.75, 3.05) is 39.3 Å². The fourth-order valence-corrected chi connectivity index (χ4v) is 3.51. The Labute approximate surface area is 185 Å². The van der Waals surface area contributed by atoms with Crippen molar-refractivity contribution in [2.45, 2.75) is 41.2 Å². The van der Waals surface area contributed by atoms with Gasteiger partial charge in [0.2, 0.25) is 0 Å². The van der Waals surface area contributed by atoms with Gasteiger partial charge in [-0.25, -0.2) is 0 Å². The Hall–Kier alpha value is -2.12. The molecule has 1 aromatic heterocycles. The molecule has 0 saturated carbocycles. The highest BCUT2D eigenvalue weighted by Gasteiger charge is 2.15. The standard InChI is InChI=1S/C23H36N4O2S/c1-6-26(7-2)11-12-27(23(30)24-15-17(4)5)16-19-13-18-14-20(29-8-3)9-10-21(18)25-22(19)28/h9-10,13-14,17H,6-8,11-12,15-16H2,1-5H3,(H,24,30)(H,25,28). The van der Waals surface area contributed by atoms with Crippen LogP contribution in [0, 0.1) is 5.92 Å². The first-order valence-electron chi connectivity index (χ1n) is 10.9. The van der Waals surface area contributed by atoms with Gasteiger partial charge in [0, 0.05) is 36.1 Å². The Morgan fingerprint density at radius 2 is 1.90 bits per heavy atom. The van der Waals surface area contributed by atoms with E-state index < -0.39 is 0 Å². The van der Waals surface area contributed by atoms with E-state index in [2.05, 4.69) is 47.8 Å². The molecule has 2 aromatic rings. The average molecular weight is 433 g/mol. The van der Waals surface area contributed by atoms with E-state index in [0.717, 1.165) is 49.4 Å². The predicted molar refractivity (Wildman–Crippen MR) is 129 cm³/mol. The molecule has 6 nitrogen and oxygen atoms in total. The van der Waals surface area contributed by atoms with Crippen molar-refractivity contribution in [1.82, 2.24) is 20.1 Å². The van der Waals surface area contributed by atoms with Gasteiger partial charge in [-0.05, 0) is 62.4 Å². The number of nitrogens with zero attached hydrogens (tertiary/aromatic N) is 2. The number of aromatic amines is 1. The maximum Gasteiger partial charge on any atom is 0.253 e. The van der Waals surface area contributed by atoms with E-state index in [-0.39, 0.29) is 5.56 Å². The molecule has 1 heterocycles. The minimum Gasteiger partial charge on any atom is -0.494 e. The Morgan fingerprint density at radius 3 is 2.53 bits per heavy atom. The minimum absolute atomic E-state index is 0.0776. The van der Waals surface area contributed by atoms with Crippen molar-refractivity contribution in [3.05, 3.63) is 40.2 Å². The van der Waals surface area contributed by atoms with Gasteiger partial charge in [0.05, 0.1) is 13.2 Å². The zero-order valence-corrected chi connectivity index (χ0v) is 19.8. The Morgan fingerprint density at radius 1 is 1.17 bits per heavy atom. The monoisotopic (exact) mass is 432 g/mol. The normalized spacial score (nSPS) is 11.3. The van der Waals surface area contributed by atoms with Gasteiger partial charge in [-0.2, -0.15) is 0 Å². The fourth-order valence-electron chi connectivity index (χ4n) is 3.27. The molecular formula is C23H36N4O2S. The summed E-state index contributed by atoms with van der Waals surface area (Å²) < 4.78 is 5.61. The summed E-state index contributed by atoms with van der Waals surface area (Å²) in [6.07, 6.45) is 0. The van der Waals surface area contributed by atoms with Crippen LogP contribution in [0.15, 0.2) is 29.1 Å². The van der Waals surface area contributed by atoms with Crippen molar-refractivity contribution >= 4 is 28.2 Å². The Kier molecular flexibility index (Phi) is 9.59. The lowest BCUT2D eigenvalue weighted by molar-refractivity contribution is 0.263. The highest BCUT2D eigenvalue weighted by Crippen LogP contribution is 2.19. The number of likely N-dealkylation sites (N-methyl/N-ethyl adjacent to an activating group) is 1. The molecule has 0 unspecified atom stereocenters. The van der Waals surface area contributed by atoms with E-state index in [9.17, 15) is 4.79 Å². The number of fused-ring (bicyclic) bond motifs is 1. The molecule has 0 aliphatic heterocycles. The quantitative estimate of drug-likeness (QED) is 0.529. The summed E-state index contributed by atoms with van der Waals surface area (Å²) in [6, 6.07) is 7.68. The molecule has 0 amide bonds. The highest BCUT2D eigenvalue weighted by molar-refractivity contribution is 7.80. The van der Waals surface area contributed by atoms with Gasteiger partial charge in [0.15, 0.2) is 5.11 Å². The predicted octanol–water partition coefficient (Wildman–Crippen LogP) is 3.60. The molecule has 0 bridgehead atoms. The number of pyridine rings is 1. The largest absolute Gasteiger partial charge is 0.494 e. The summed E-state index contributed by atoms with van der Waals surface area (Å²) in [7, 11) is 0. The lowest BCUT2D eigenvalue weighted by Gasteiger charge is -2.29. The van der Waals surface area contributed by atoms with Crippen molar-refractivity contribution in [3.63, 3.8) is 0 Å². The molecule has 0 aliphatic rings. The van der Waals surface area contributed by atoms with E-state index in [4.69, 9.17) is 17.0 Å². The van der Waals surface area contributed by atoms with Gasteiger partial charge in [-0.1, -0.05) is 27.7 Å². The molecule has 7 heteroatoms. The van der Waals surface area contributed by atoms with Gasteiger partial charge >= 0.3 is 0 Å². The molecule has 0 fully saturated rings. The van der Waals surface area contributed by atoms with E-state index in [0.29, 0.717) is 29.7 Å². The van der Waals surface area contributed by atoms with Crippen LogP contribution in [0.4, 0.5) is 0 Å². The van der Waals surface area contributed by atoms with Crippen LogP contribution >= 0.6 is 12.2 Å². The number of rotatable bonds is 11. The molecule has 0 spiro atoms. The molecule has 166 valence electrons. The number of H-pyrrole nitrogens is 1. The van der Waals surface area contributed by atoms with Gasteiger partial charge in [0.25, 0.3) is 5.56 Å². The number of hydrogen-bond acceptors (Lipinski definition) is 4. The highest BCUT2D eigenvalue weighted by atomic mass is 32.1. The van der Waals surface area contributed by atoms with Crippen LogP contribution in [-0.4, -0.2) is 59.2 Å². The second kappa shape index (κ2) is 11.9. The topological polar surface area (TPSA) is 60.6 Å². The molecule has 2 N–H and O–H groups in total. The van der Waals surface area contributed by atoms with E-state index in [1.165, 1.54) is 0 Å². The Bertz CT molecular complexity index is 877. The zero-order chi connectivity index (χ0) is 22.1. The summed E-state index contributed by atoms with van der Waals surface area (Å²) in [6.45, 7) is 16.1. The maximum atomic E-state index is 12.7. The first-order valence-corrected chi connectivity index (χ1v) is 11.3. The summed E-state index contributed by atoms with van der Waals surface area (Å²) in [5.74, 6) is 1.30. The van der Waals surface area contributed by atoms with Crippen molar-refractivity contribution in [2.24, 2.45) is 5.92 Å². The molecule has 0 atom stereocenters. The van der Waals surface area contributed by atoms with E-state index in [1.807, 2.05) is 31.2 Å². The van der Waals surface area contributed by atoms with Crippen LogP contribution in [0.25, 0.3) is 10.9 Å². The maximum absolute atomic E-state index is 12.7. The lowest BCUT2D eigenvalue weighted by atomic mass is 10.1. The number of thiocarbonyl (C=S) groups is 1. The van der Waals surface area contributed by atoms with Crippen LogP contribution in [0.1, 0.15) is 40.2 Å². The molecule has 0 radical (unpaired) electrons. The van der Waals surface area contributed by atoms with Gasteiger partial charge in [-0.3, -0.25) is 4.79 Å². The SMILES string of the molecule is CCOc1ccc2[nH]c(=O)c(CN(CCN(CC)CC)C(=S)NCC(C)C)cc2c1. The molecule has 2 rings (SSSR count). The van der Waals surface area contributed by atoms with Crippen molar-refractivity contribution < 1.29 is 4.74 Å². The summed E-state index contributed by atoms with van der Waals surface area (Å²) in [5, 5.41) is 5.00. The van der Waals surface area contributed by atoms with Crippen LogP contribution in [0.3, 0.4) is 0 Å². The second-order valence-corrected chi connectivity index (χ2v) is 8.22. The summed E-state index contributed by atoms with van der Waals surface area (Å²) in [4.78, 5) is 20.2. The second-order valence-electron chi connectivity index (χ2n) is 7.83. The third-order valence-corrected chi connectivity index (χ3v) is 5.50. The smallest absolute Gasteiger partial charge is 0.253 e. The first kappa shape index (κ1) is 24.2. The first-order chi connectivity index (χ1) is 14.4. The Balaban J connectivity index is 2.27. The van der Waals surface area contributed by atoms with Crippen molar-refractivity contribution in [3.8, 4) is 5.75 Å². The number of nitrogens with one attached hydrogen (secondary N) is 2. The van der Waals surface area contributed by atoms with Gasteiger partial charge < -0.3 is 24.8 Å². The van der Waals surface area contributed by atoms with Crippen LogP contribution in [0.5, 0.6) is 5.75 Å². The van der Waals surface area contributed by atoms with E-state index in [1.54, 1.807) is 0 Å². The minimum atomic E-state index is -0.0776. The number of ether oxygens (including phenoxy) is 1. The van der Waals surface area contributed by atoms with Gasteiger partial charge in [0.1, 0.15) is 5.75 Å². The average Bonchev–Trinajstić information content (AvgIpc) is 2.72. The molecule has 0 saturated heterocycles. The third kappa shape index (κ3) is 6.99. The lowest BCUT2D eigenvalue weighted by Crippen LogP contribution is -2.45. The zero-order valence-electron chi connectivity index (χ0n) is 19.0. The van der Waals surface area contributed by atoms with Gasteiger partial charge in [-0.15, -0.1) is 0 Å². The molecular weight excluding hydrogens is 396 g/mol. The third-order valence-electron chi connectivity index (χ3n) is 5.09. The number of aromatic nitrogens is 1. The molecule has 1 aromatic carbocycles. The van der Waals surface area contributed by atoms with E-state index >= 15 is 0 Å². The van der Waals surface area contributed by atoms with Crippen LogP contribution in [-0.2, 0) is 6.54 Å². The number of benzene rings is 1. The molecule has 30 heavy (non-hydrogen) atoms. The van der Waals surface area contributed by atoms with Crippen molar-refractivity contribution in [1.29, 1.82) is 0 Å². The van der Waals surface area contributed by atoms with Crippen LogP contribution in [0.2, 0.25) is 0 Å². The fraction of sp³-hybridized carbons (Fsp3) is 0.565. The molecule has 0 aliphatic carbocycles. The number of hydrogen-bond donors (Lipinski definition) is 2. The summed E-state index contributed by atoms with van der Waals surface area (Å²) >= 11 is 5.68. The summed E-state index contributed by atoms with van der Waals surface area (Å²) in [5.41, 5.74) is 1.43.